The van der Waals surface area contributed by atoms with Gasteiger partial charge in [-0.05, 0) is 20.3 Å². The van der Waals surface area contributed by atoms with Crippen molar-refractivity contribution in [2.45, 2.75) is 33.6 Å². The number of nitrogens with two attached hydrogens (primary N) is 1. The summed E-state index contributed by atoms with van der Waals surface area (Å²) in [4.78, 5) is 19.2. The number of carbonyl (C=O) groups is 1. The van der Waals surface area contributed by atoms with Gasteiger partial charge in [-0.3, -0.25) is 4.79 Å². The number of nitrogens with one attached hydrogen (secondary N) is 2. The van der Waals surface area contributed by atoms with E-state index in [4.69, 9.17) is 5.73 Å². The third-order valence-corrected chi connectivity index (χ3v) is 3.51. The summed E-state index contributed by atoms with van der Waals surface area (Å²) in [6.07, 6.45) is 0.324. The number of carbonyl (C=O) groups excluding carboxylic acids is 1. The molecule has 1 aromatic rings. The molecule has 9 heteroatoms. The number of aliphatic imine (C=N–C) groups is 1. The summed E-state index contributed by atoms with van der Waals surface area (Å²) < 4.78 is 39.6. The average molecular weight is 369 g/mol. The van der Waals surface area contributed by atoms with E-state index in [0.717, 1.165) is 24.8 Å². The van der Waals surface area contributed by atoms with Gasteiger partial charge < -0.3 is 16.4 Å². The number of aromatic nitrogens is 1. The van der Waals surface area contributed by atoms with E-state index in [1.807, 2.05) is 6.92 Å². The minimum atomic E-state index is -2.75. The summed E-state index contributed by atoms with van der Waals surface area (Å²) in [7, 11) is 1.36. The number of pyridine rings is 1. The molecule has 142 valence electrons. The van der Waals surface area contributed by atoms with Crippen LogP contribution in [0.1, 0.15) is 37.6 Å². The summed E-state index contributed by atoms with van der Waals surface area (Å²) in [5.41, 5.74) is 6.42. The maximum atomic E-state index is 14.0. The predicted molar refractivity (Wildman–Crippen MR) is 95.6 cm³/mol. The van der Waals surface area contributed by atoms with Crippen molar-refractivity contribution >= 4 is 17.4 Å². The molecule has 0 atom stereocenters. The zero-order valence-electron chi connectivity index (χ0n) is 15.0. The molecule has 1 amide bonds. The molecule has 6 nitrogen and oxygen atoms in total. The molecular formula is C17H22F3N5O. The van der Waals surface area contributed by atoms with Crippen LogP contribution < -0.4 is 16.4 Å². The van der Waals surface area contributed by atoms with Crippen LogP contribution in [0.5, 0.6) is 0 Å². The second-order valence-corrected chi connectivity index (χ2v) is 5.43. The third kappa shape index (κ3) is 5.91. The van der Waals surface area contributed by atoms with Crippen molar-refractivity contribution in [2.75, 3.05) is 12.4 Å². The molecule has 0 aliphatic rings. The lowest BCUT2D eigenvalue weighted by Crippen LogP contribution is -2.19. The van der Waals surface area contributed by atoms with Gasteiger partial charge in [-0.15, -0.1) is 0 Å². The number of alkyl halides is 2. The van der Waals surface area contributed by atoms with Crippen molar-refractivity contribution in [3.05, 3.63) is 46.8 Å². The lowest BCUT2D eigenvalue weighted by atomic mass is 10.2. The van der Waals surface area contributed by atoms with Gasteiger partial charge in [-0.1, -0.05) is 12.5 Å². The van der Waals surface area contributed by atoms with Gasteiger partial charge in [-0.2, -0.15) is 0 Å². The maximum absolute atomic E-state index is 14.0. The summed E-state index contributed by atoms with van der Waals surface area (Å²) in [6, 6.07) is 0.970. The number of nitrogens with zero attached hydrogens (tertiary/aromatic N) is 2. The summed E-state index contributed by atoms with van der Waals surface area (Å²) in [5, 5.41) is 4.93. The number of amides is 1. The van der Waals surface area contributed by atoms with Gasteiger partial charge >= 0.3 is 0 Å². The Kier molecular flexibility index (Phi) is 7.82. The molecule has 0 aliphatic heterocycles. The fraction of sp³-hybridized carbons (Fsp3) is 0.353. The molecule has 0 bridgehead atoms. The van der Waals surface area contributed by atoms with Crippen LogP contribution in [0.2, 0.25) is 0 Å². The monoisotopic (exact) mass is 369 g/mol. The minimum Gasteiger partial charge on any atom is -0.399 e. The van der Waals surface area contributed by atoms with Crippen molar-refractivity contribution in [3.63, 3.8) is 0 Å². The highest BCUT2D eigenvalue weighted by molar-refractivity contribution is 5.94. The molecule has 0 aromatic carbocycles. The Labute approximate surface area is 150 Å². The Morgan fingerprint density at radius 1 is 1.42 bits per heavy atom. The zero-order chi connectivity index (χ0) is 19.9. The lowest BCUT2D eigenvalue weighted by molar-refractivity contribution is 0.0958. The number of halogens is 3. The van der Waals surface area contributed by atoms with Crippen LogP contribution in [-0.2, 0) is 0 Å². The topological polar surface area (TPSA) is 92.4 Å². The quantitative estimate of drug-likeness (QED) is 0.508. The predicted octanol–water partition coefficient (Wildman–Crippen LogP) is 3.20. The SMILES string of the molecule is CC/C(C)=C(N)/C=C(\N=C(/C)C(F)F)Nc1cc(F)c(C(=O)NC)cn1. The first-order valence-electron chi connectivity index (χ1n) is 7.84. The van der Waals surface area contributed by atoms with Crippen LogP contribution in [0.3, 0.4) is 0 Å². The summed E-state index contributed by atoms with van der Waals surface area (Å²) >= 11 is 0. The molecule has 1 rings (SSSR count). The smallest absolute Gasteiger partial charge is 0.276 e. The van der Waals surface area contributed by atoms with Crippen molar-refractivity contribution in [1.29, 1.82) is 0 Å². The standard InChI is InChI=1S/C17H22F3N5O/c1-5-9(2)13(21)7-15(24-10(3)16(19)20)25-14-6-12(18)11(8-23-14)17(26)22-4/h6-8,16H,5,21H2,1-4H3,(H,22,26)(H,23,25)/b13-9-,15-7+,24-10+. The van der Waals surface area contributed by atoms with Gasteiger partial charge in [0, 0.05) is 31.1 Å². The molecule has 0 spiro atoms. The van der Waals surface area contributed by atoms with Crippen LogP contribution >= 0.6 is 0 Å². The van der Waals surface area contributed by atoms with Gasteiger partial charge in [0.05, 0.1) is 11.3 Å². The number of hydrogen-bond acceptors (Lipinski definition) is 5. The molecule has 0 saturated heterocycles. The van der Waals surface area contributed by atoms with E-state index in [-0.39, 0.29) is 17.2 Å². The van der Waals surface area contributed by atoms with Gasteiger partial charge in [0.2, 0.25) is 0 Å². The summed E-state index contributed by atoms with van der Waals surface area (Å²) in [6.45, 7) is 4.85. The Balaban J connectivity index is 3.26. The van der Waals surface area contributed by atoms with Crippen LogP contribution in [0.25, 0.3) is 0 Å². The number of anilines is 1. The van der Waals surface area contributed by atoms with Crippen molar-refractivity contribution in [1.82, 2.24) is 10.3 Å². The highest BCUT2D eigenvalue weighted by Crippen LogP contribution is 2.16. The van der Waals surface area contributed by atoms with E-state index in [9.17, 15) is 18.0 Å². The molecule has 26 heavy (non-hydrogen) atoms. The van der Waals surface area contributed by atoms with Crippen LogP contribution in [-0.4, -0.2) is 30.1 Å². The van der Waals surface area contributed by atoms with Crippen molar-refractivity contribution in [3.8, 4) is 0 Å². The normalized spacial score (nSPS) is 13.5. The third-order valence-electron chi connectivity index (χ3n) is 3.51. The van der Waals surface area contributed by atoms with E-state index < -0.39 is 23.9 Å². The van der Waals surface area contributed by atoms with Gasteiger partial charge in [0.25, 0.3) is 12.3 Å². The van der Waals surface area contributed by atoms with Crippen LogP contribution in [0, 0.1) is 5.82 Å². The molecular weight excluding hydrogens is 347 g/mol. The fourth-order valence-electron chi connectivity index (χ4n) is 1.74. The van der Waals surface area contributed by atoms with Gasteiger partial charge in [-0.25, -0.2) is 23.1 Å². The molecule has 0 saturated carbocycles. The molecule has 0 aliphatic carbocycles. The Morgan fingerprint density at radius 2 is 2.08 bits per heavy atom. The van der Waals surface area contributed by atoms with Crippen LogP contribution in [0.4, 0.5) is 19.0 Å². The van der Waals surface area contributed by atoms with Gasteiger partial charge in [0.1, 0.15) is 17.5 Å². The van der Waals surface area contributed by atoms with E-state index >= 15 is 0 Å². The first-order valence-corrected chi connectivity index (χ1v) is 7.84. The number of allylic oxidation sites excluding steroid dienone is 2. The second-order valence-electron chi connectivity index (χ2n) is 5.43. The Morgan fingerprint density at radius 3 is 2.58 bits per heavy atom. The van der Waals surface area contributed by atoms with Crippen LogP contribution in [0.15, 0.2) is 40.4 Å². The van der Waals surface area contributed by atoms with Crippen molar-refractivity contribution in [2.24, 2.45) is 10.7 Å². The average Bonchev–Trinajstić information content (AvgIpc) is 2.60. The second kappa shape index (κ2) is 9.59. The minimum absolute atomic E-state index is 0.00540. The van der Waals surface area contributed by atoms with E-state index in [2.05, 4.69) is 20.6 Å². The van der Waals surface area contributed by atoms with Gasteiger partial charge in [0.15, 0.2) is 0 Å². The molecule has 1 aromatic heterocycles. The molecule has 0 unspecified atom stereocenters. The molecule has 1 heterocycles. The zero-order valence-corrected chi connectivity index (χ0v) is 15.0. The highest BCUT2D eigenvalue weighted by atomic mass is 19.3. The number of hydrogen-bond donors (Lipinski definition) is 3. The van der Waals surface area contributed by atoms with E-state index in [1.54, 1.807) is 6.92 Å². The molecule has 4 N–H and O–H groups in total. The Bertz CT molecular complexity index is 757. The van der Waals surface area contributed by atoms with E-state index in [0.29, 0.717) is 12.1 Å². The number of rotatable bonds is 7. The first-order chi connectivity index (χ1) is 12.2. The molecule has 0 radical (unpaired) electrons. The highest BCUT2D eigenvalue weighted by Gasteiger charge is 2.13. The Hall–Kier alpha value is -2.84. The van der Waals surface area contributed by atoms with Crippen molar-refractivity contribution < 1.29 is 18.0 Å². The fourth-order valence-corrected chi connectivity index (χ4v) is 1.74. The largest absolute Gasteiger partial charge is 0.399 e. The first kappa shape index (κ1) is 21.2. The maximum Gasteiger partial charge on any atom is 0.276 e. The lowest BCUT2D eigenvalue weighted by Gasteiger charge is -2.10. The summed E-state index contributed by atoms with van der Waals surface area (Å²) in [5.74, 6) is -1.47. The van der Waals surface area contributed by atoms with E-state index in [1.165, 1.54) is 13.1 Å². The molecule has 0 fully saturated rings.